The lowest BCUT2D eigenvalue weighted by Crippen LogP contribution is -2.17. The van der Waals surface area contributed by atoms with Gasteiger partial charge in [-0.3, -0.25) is 10.1 Å². The lowest BCUT2D eigenvalue weighted by Gasteiger charge is -2.04. The minimum Gasteiger partial charge on any atom is -0.487 e. The minimum absolute atomic E-state index is 0.0680. The number of ether oxygens (including phenoxy) is 1. The smallest absolute Gasteiger partial charge is 0.276 e. The van der Waals surface area contributed by atoms with Crippen LogP contribution in [0.1, 0.15) is 5.56 Å². The lowest BCUT2D eigenvalue weighted by atomic mass is 10.1. The summed E-state index contributed by atoms with van der Waals surface area (Å²) in [6.07, 6.45) is 0.0642. The molecule has 1 atom stereocenters. The second-order valence-electron chi connectivity index (χ2n) is 3.14. The van der Waals surface area contributed by atoms with Crippen LogP contribution in [0, 0.1) is 10.1 Å². The van der Waals surface area contributed by atoms with E-state index in [1.54, 1.807) is 12.1 Å². The molecule has 0 fully saturated rings. The van der Waals surface area contributed by atoms with E-state index in [9.17, 15) is 10.1 Å². The van der Waals surface area contributed by atoms with Gasteiger partial charge in [0.15, 0.2) is 0 Å². The maximum Gasteiger partial charge on any atom is 0.276 e. The molecule has 1 aliphatic rings. The first-order valence-electron chi connectivity index (χ1n) is 4.26. The Balaban J connectivity index is 2.41. The van der Waals surface area contributed by atoms with Crippen molar-refractivity contribution in [3.05, 3.63) is 33.9 Å². The zero-order valence-electron chi connectivity index (χ0n) is 7.34. The van der Waals surface area contributed by atoms with Crippen molar-refractivity contribution in [1.82, 2.24) is 0 Å². The second kappa shape index (κ2) is 3.26. The number of hydrogen-bond donors (Lipinski definition) is 1. The number of aliphatic hydroxyl groups excluding tert-OH is 1. The molecular weight excluding hydrogens is 186 g/mol. The van der Waals surface area contributed by atoms with Gasteiger partial charge >= 0.3 is 0 Å². The highest BCUT2D eigenvalue weighted by atomic mass is 16.6. The molecule has 0 saturated heterocycles. The van der Waals surface area contributed by atoms with E-state index in [-0.39, 0.29) is 18.4 Å². The number of aliphatic hydroxyl groups is 1. The Hall–Kier alpha value is -1.62. The molecule has 5 heteroatoms. The van der Waals surface area contributed by atoms with Gasteiger partial charge in [-0.05, 0) is 6.07 Å². The summed E-state index contributed by atoms with van der Waals surface area (Å²) >= 11 is 0. The highest BCUT2D eigenvalue weighted by Crippen LogP contribution is 2.35. The van der Waals surface area contributed by atoms with Crippen molar-refractivity contribution in [2.75, 3.05) is 6.61 Å². The summed E-state index contributed by atoms with van der Waals surface area (Å²) in [4.78, 5) is 10.2. The molecule has 1 aromatic rings. The van der Waals surface area contributed by atoms with E-state index >= 15 is 0 Å². The first-order valence-corrected chi connectivity index (χ1v) is 4.26. The van der Waals surface area contributed by atoms with Gasteiger partial charge in [0.25, 0.3) is 5.69 Å². The first-order chi connectivity index (χ1) is 6.72. The molecule has 0 spiro atoms. The molecule has 5 nitrogen and oxygen atoms in total. The third-order valence-electron chi connectivity index (χ3n) is 2.23. The number of rotatable bonds is 2. The fraction of sp³-hybridized carbons (Fsp3) is 0.333. The van der Waals surface area contributed by atoms with Gasteiger partial charge in [-0.25, -0.2) is 0 Å². The second-order valence-corrected chi connectivity index (χ2v) is 3.14. The van der Waals surface area contributed by atoms with Crippen molar-refractivity contribution in [3.8, 4) is 5.75 Å². The van der Waals surface area contributed by atoms with E-state index in [1.165, 1.54) is 6.07 Å². The van der Waals surface area contributed by atoms with Crippen molar-refractivity contribution < 1.29 is 14.8 Å². The van der Waals surface area contributed by atoms with Crippen LogP contribution in [0.3, 0.4) is 0 Å². The van der Waals surface area contributed by atoms with Crippen LogP contribution in [0.25, 0.3) is 0 Å². The number of benzene rings is 1. The molecule has 0 radical (unpaired) electrons. The Labute approximate surface area is 80.1 Å². The van der Waals surface area contributed by atoms with E-state index in [1.807, 2.05) is 0 Å². The highest BCUT2D eigenvalue weighted by Gasteiger charge is 2.28. The van der Waals surface area contributed by atoms with Crippen LogP contribution < -0.4 is 4.74 Å². The van der Waals surface area contributed by atoms with Crippen LogP contribution in [-0.4, -0.2) is 22.7 Å². The summed E-state index contributed by atoms with van der Waals surface area (Å²) < 4.78 is 5.29. The fourth-order valence-corrected chi connectivity index (χ4v) is 1.59. The summed E-state index contributed by atoms with van der Waals surface area (Å²) in [7, 11) is 0. The van der Waals surface area contributed by atoms with Crippen molar-refractivity contribution in [1.29, 1.82) is 0 Å². The summed E-state index contributed by atoms with van der Waals surface area (Å²) in [5.41, 5.74) is 0.648. The van der Waals surface area contributed by atoms with Gasteiger partial charge in [-0.1, -0.05) is 6.07 Å². The van der Waals surface area contributed by atoms with Crippen molar-refractivity contribution >= 4 is 5.69 Å². The number of nitro groups is 1. The molecule has 14 heavy (non-hydrogen) atoms. The van der Waals surface area contributed by atoms with Crippen LogP contribution in [-0.2, 0) is 6.42 Å². The number of nitro benzene ring substituents is 1. The van der Waals surface area contributed by atoms with E-state index in [0.717, 1.165) is 0 Å². The van der Waals surface area contributed by atoms with Gasteiger partial charge in [0.2, 0.25) is 0 Å². The quantitative estimate of drug-likeness (QED) is 0.561. The summed E-state index contributed by atoms with van der Waals surface area (Å²) in [6, 6.07) is 4.71. The summed E-state index contributed by atoms with van der Waals surface area (Å²) in [6.45, 7) is -0.119. The standard InChI is InChI=1S/C9H9NO4/c11-5-6-4-7-8(10(12)13)2-1-3-9(7)14-6/h1-3,6,11H,4-5H2. The molecule has 74 valence electrons. The molecule has 1 aliphatic heterocycles. The van der Waals surface area contributed by atoms with Crippen molar-refractivity contribution in [2.45, 2.75) is 12.5 Å². The molecule has 0 bridgehead atoms. The highest BCUT2D eigenvalue weighted by molar-refractivity contribution is 5.51. The van der Waals surface area contributed by atoms with Crippen molar-refractivity contribution in [3.63, 3.8) is 0 Å². The van der Waals surface area contributed by atoms with Crippen LogP contribution in [0.5, 0.6) is 5.75 Å². The van der Waals surface area contributed by atoms with Crippen LogP contribution >= 0.6 is 0 Å². The average molecular weight is 195 g/mol. The maximum absolute atomic E-state index is 10.6. The van der Waals surface area contributed by atoms with E-state index < -0.39 is 4.92 Å². The normalized spacial score (nSPS) is 18.8. The maximum atomic E-state index is 10.6. The van der Waals surface area contributed by atoms with E-state index in [0.29, 0.717) is 17.7 Å². The number of nitrogens with zero attached hydrogens (tertiary/aromatic N) is 1. The predicted molar refractivity (Wildman–Crippen MR) is 48.3 cm³/mol. The minimum atomic E-state index is -0.429. The molecule has 1 unspecified atom stereocenters. The molecule has 0 aliphatic carbocycles. The SMILES string of the molecule is O=[N+]([O-])c1cccc2c1CC(CO)O2. The average Bonchev–Trinajstić information content (AvgIpc) is 2.59. The third kappa shape index (κ3) is 1.31. The Morgan fingerprint density at radius 2 is 2.43 bits per heavy atom. The van der Waals surface area contributed by atoms with Gasteiger partial charge in [-0.15, -0.1) is 0 Å². The number of hydrogen-bond acceptors (Lipinski definition) is 4. The zero-order valence-corrected chi connectivity index (χ0v) is 7.34. The first kappa shape index (κ1) is 8.96. The third-order valence-corrected chi connectivity index (χ3v) is 2.23. The van der Waals surface area contributed by atoms with Gasteiger partial charge in [0.05, 0.1) is 17.1 Å². The molecular formula is C9H9NO4. The van der Waals surface area contributed by atoms with Gasteiger partial charge in [0.1, 0.15) is 11.9 Å². The molecule has 0 saturated carbocycles. The molecule has 0 amide bonds. The van der Waals surface area contributed by atoms with Crippen LogP contribution in [0.2, 0.25) is 0 Å². The summed E-state index contributed by atoms with van der Waals surface area (Å²) in [5.74, 6) is 0.512. The number of fused-ring (bicyclic) bond motifs is 1. The molecule has 1 heterocycles. The van der Waals surface area contributed by atoms with E-state index in [2.05, 4.69) is 0 Å². The zero-order chi connectivity index (χ0) is 10.1. The Morgan fingerprint density at radius 3 is 3.07 bits per heavy atom. The molecule has 0 aromatic heterocycles. The van der Waals surface area contributed by atoms with Crippen LogP contribution in [0.15, 0.2) is 18.2 Å². The molecule has 1 N–H and O–H groups in total. The monoisotopic (exact) mass is 195 g/mol. The largest absolute Gasteiger partial charge is 0.487 e. The molecule has 2 rings (SSSR count). The van der Waals surface area contributed by atoms with Crippen LogP contribution in [0.4, 0.5) is 5.69 Å². The van der Waals surface area contributed by atoms with Gasteiger partial charge < -0.3 is 9.84 Å². The molecule has 1 aromatic carbocycles. The predicted octanol–water partition coefficient (Wildman–Crippen LogP) is 0.891. The Bertz CT molecular complexity index is 377. The van der Waals surface area contributed by atoms with E-state index in [4.69, 9.17) is 9.84 Å². The van der Waals surface area contributed by atoms with Gasteiger partial charge in [-0.2, -0.15) is 0 Å². The Morgan fingerprint density at radius 1 is 1.64 bits per heavy atom. The fourth-order valence-electron chi connectivity index (χ4n) is 1.59. The van der Waals surface area contributed by atoms with Gasteiger partial charge in [0, 0.05) is 12.5 Å². The lowest BCUT2D eigenvalue weighted by molar-refractivity contribution is -0.385. The Kier molecular flexibility index (Phi) is 2.09. The topological polar surface area (TPSA) is 72.6 Å². The summed E-state index contributed by atoms with van der Waals surface area (Å²) in [5, 5.41) is 19.5. The van der Waals surface area contributed by atoms with Crippen molar-refractivity contribution in [2.24, 2.45) is 0 Å².